The lowest BCUT2D eigenvalue weighted by atomic mass is 9.98. The molecule has 0 saturated heterocycles. The fourth-order valence-electron chi connectivity index (χ4n) is 5.11. The van der Waals surface area contributed by atoms with E-state index in [2.05, 4.69) is 25.7 Å². The van der Waals surface area contributed by atoms with Gasteiger partial charge in [0, 0.05) is 17.7 Å². The molecule has 1 amide bonds. The molecular formula is C27H31BF4N4O3. The number of halogens is 4. The molecule has 0 saturated carbocycles. The molecular weight excluding hydrogens is 515 g/mol. The lowest BCUT2D eigenvalue weighted by Gasteiger charge is -2.38. The maximum Gasteiger partial charge on any atom is 0.673 e. The molecule has 2 aliphatic rings. The van der Waals surface area contributed by atoms with Crippen LogP contribution in [-0.2, 0) is 24.0 Å². The molecule has 0 spiro atoms. The number of amides is 1. The zero-order chi connectivity index (χ0) is 28.5. The number of aromatic nitrogens is 2. The first-order chi connectivity index (χ1) is 18.3. The van der Waals surface area contributed by atoms with Crippen molar-refractivity contribution in [3.05, 3.63) is 77.9 Å². The molecule has 1 atom stereocenters. The Morgan fingerprint density at radius 1 is 1.08 bits per heavy atom. The highest BCUT2D eigenvalue weighted by Gasteiger charge is 2.56. The molecule has 3 aromatic rings. The number of nitrogens with zero attached hydrogens (tertiary/aromatic N) is 4. The normalized spacial score (nSPS) is 17.5. The van der Waals surface area contributed by atoms with Gasteiger partial charge in [0.15, 0.2) is 0 Å². The van der Waals surface area contributed by atoms with Gasteiger partial charge in [0.1, 0.15) is 31.2 Å². The van der Waals surface area contributed by atoms with E-state index in [4.69, 9.17) is 4.74 Å². The van der Waals surface area contributed by atoms with E-state index in [9.17, 15) is 26.9 Å². The molecule has 7 nitrogen and oxygen atoms in total. The second kappa shape index (κ2) is 10.7. The third-order valence-electron chi connectivity index (χ3n) is 6.91. The molecule has 39 heavy (non-hydrogen) atoms. The van der Waals surface area contributed by atoms with E-state index in [0.717, 1.165) is 35.5 Å². The van der Waals surface area contributed by atoms with Gasteiger partial charge >= 0.3 is 13.2 Å². The van der Waals surface area contributed by atoms with E-state index in [-0.39, 0.29) is 18.5 Å². The molecule has 0 N–H and O–H groups in total. The number of aryl methyl sites for hydroxylation is 1. The van der Waals surface area contributed by atoms with Crippen molar-refractivity contribution < 1.29 is 36.2 Å². The van der Waals surface area contributed by atoms with Crippen LogP contribution in [0.2, 0.25) is 0 Å². The van der Waals surface area contributed by atoms with Crippen LogP contribution in [0.25, 0.3) is 0 Å². The van der Waals surface area contributed by atoms with E-state index >= 15 is 0 Å². The highest BCUT2D eigenvalue weighted by Crippen LogP contribution is 2.55. The minimum atomic E-state index is -6.00. The highest BCUT2D eigenvalue weighted by atomic mass is 19.5. The van der Waals surface area contributed by atoms with Crippen molar-refractivity contribution in [3.63, 3.8) is 0 Å². The van der Waals surface area contributed by atoms with E-state index in [1.54, 1.807) is 6.07 Å². The Balaban J connectivity index is 0.000000648. The molecule has 3 heterocycles. The van der Waals surface area contributed by atoms with Crippen molar-refractivity contribution in [2.45, 2.75) is 39.4 Å². The predicted octanol–water partition coefficient (Wildman–Crippen LogP) is 5.17. The summed E-state index contributed by atoms with van der Waals surface area (Å²) in [7, 11) is -4.05. The van der Waals surface area contributed by atoms with Gasteiger partial charge in [0.25, 0.3) is 5.91 Å². The topological polar surface area (TPSA) is 58.7 Å². The first-order valence-electron chi connectivity index (χ1n) is 12.7. The second-order valence-electron chi connectivity index (χ2n) is 10.2. The number of benzene rings is 2. The zero-order valence-corrected chi connectivity index (χ0v) is 22.3. The van der Waals surface area contributed by atoms with E-state index < -0.39 is 12.9 Å². The highest BCUT2D eigenvalue weighted by molar-refractivity contribution is 6.50. The van der Waals surface area contributed by atoms with Gasteiger partial charge in [0.05, 0.1) is 24.0 Å². The van der Waals surface area contributed by atoms with Gasteiger partial charge in [-0.3, -0.25) is 9.69 Å². The Morgan fingerprint density at radius 2 is 1.77 bits per heavy atom. The number of hydrogen-bond donors (Lipinski definition) is 0. The number of ether oxygens (including phenoxy) is 1. The third kappa shape index (κ3) is 5.79. The molecule has 1 aromatic heterocycles. The standard InChI is InChI=1S/C27H31N4O3.BF4/c1-19(2)11-12-30-23-10-9-20(26(33)34-16-15-29-14-13-28(4)18-29)17-24(23)31-25(32)21-7-5-6-8-22(21)27(30,31)3;2-1(3,4)5/h5-10,13-14,17-19H,11-12,15-16H2,1-4H3;/q+1;-1. The maximum absolute atomic E-state index is 13.5. The Hall–Kier alpha value is -3.83. The Kier molecular flexibility index (Phi) is 7.76. The van der Waals surface area contributed by atoms with Crippen molar-refractivity contribution in [3.8, 4) is 0 Å². The van der Waals surface area contributed by atoms with Crippen LogP contribution in [0.1, 0.15) is 53.5 Å². The third-order valence-corrected chi connectivity index (χ3v) is 6.91. The van der Waals surface area contributed by atoms with Crippen LogP contribution < -0.4 is 14.4 Å². The first-order valence-corrected chi connectivity index (χ1v) is 12.7. The number of esters is 1. The van der Waals surface area contributed by atoms with Crippen LogP contribution in [0.5, 0.6) is 0 Å². The Bertz CT molecular complexity index is 1370. The monoisotopic (exact) mass is 546 g/mol. The van der Waals surface area contributed by atoms with Gasteiger partial charge in [-0.05, 0) is 43.5 Å². The van der Waals surface area contributed by atoms with Crippen LogP contribution >= 0.6 is 0 Å². The minimum Gasteiger partial charge on any atom is -0.458 e. The average Bonchev–Trinajstić information content (AvgIpc) is 3.45. The summed E-state index contributed by atoms with van der Waals surface area (Å²) in [5, 5.41) is 0. The summed E-state index contributed by atoms with van der Waals surface area (Å²) < 4.78 is 48.5. The molecule has 0 radical (unpaired) electrons. The lowest BCUT2D eigenvalue weighted by molar-refractivity contribution is -0.671. The number of rotatable bonds is 7. The number of carbonyl (C=O) groups excluding carboxylic acids is 2. The number of fused-ring (bicyclic) bond motifs is 5. The lowest BCUT2D eigenvalue weighted by Crippen LogP contribution is -2.50. The fourth-order valence-corrected chi connectivity index (χ4v) is 5.11. The minimum absolute atomic E-state index is 0.0302. The largest absolute Gasteiger partial charge is 0.673 e. The number of imidazole rings is 1. The SMILES string of the molecule is CC(C)CCN1c2ccc(C(=O)OCCn3cc[n+](C)c3)cc2N2C(=O)c3ccccc3C12C.F[B-](F)(F)F. The number of anilines is 2. The Morgan fingerprint density at radius 3 is 2.41 bits per heavy atom. The van der Waals surface area contributed by atoms with Gasteiger partial charge in [-0.1, -0.05) is 32.0 Å². The van der Waals surface area contributed by atoms with Crippen molar-refractivity contribution in [1.29, 1.82) is 0 Å². The van der Waals surface area contributed by atoms with Crippen LogP contribution in [0.15, 0.2) is 61.2 Å². The molecule has 5 rings (SSSR count). The Labute approximate surface area is 224 Å². The van der Waals surface area contributed by atoms with Crippen LogP contribution in [0.3, 0.4) is 0 Å². The summed E-state index contributed by atoms with van der Waals surface area (Å²) in [4.78, 5) is 30.5. The van der Waals surface area contributed by atoms with E-state index in [0.29, 0.717) is 18.0 Å². The maximum atomic E-state index is 13.5. The summed E-state index contributed by atoms with van der Waals surface area (Å²) in [6, 6.07) is 13.4. The van der Waals surface area contributed by atoms with E-state index in [1.807, 2.05) is 76.2 Å². The summed E-state index contributed by atoms with van der Waals surface area (Å²) in [5.41, 5.74) is 3.30. The van der Waals surface area contributed by atoms with Gasteiger partial charge in [-0.25, -0.2) is 13.9 Å². The van der Waals surface area contributed by atoms with Crippen molar-refractivity contribution >= 4 is 30.5 Å². The van der Waals surface area contributed by atoms with Crippen LogP contribution in [0.4, 0.5) is 28.6 Å². The van der Waals surface area contributed by atoms with Gasteiger partial charge in [-0.2, -0.15) is 0 Å². The quantitative estimate of drug-likeness (QED) is 0.178. The fraction of sp³-hybridized carbons (Fsp3) is 0.370. The molecule has 2 aliphatic heterocycles. The van der Waals surface area contributed by atoms with E-state index in [1.165, 1.54) is 0 Å². The molecule has 12 heteroatoms. The van der Waals surface area contributed by atoms with Crippen LogP contribution in [0, 0.1) is 5.92 Å². The summed E-state index contributed by atoms with van der Waals surface area (Å²) in [6.45, 7) is 8.19. The number of carbonyl (C=O) groups is 2. The van der Waals surface area contributed by atoms with Crippen molar-refractivity contribution in [1.82, 2.24) is 4.57 Å². The predicted molar refractivity (Wildman–Crippen MR) is 140 cm³/mol. The second-order valence-corrected chi connectivity index (χ2v) is 10.2. The molecule has 1 unspecified atom stereocenters. The first kappa shape index (κ1) is 28.2. The van der Waals surface area contributed by atoms with Gasteiger partial charge in [-0.15, -0.1) is 0 Å². The molecule has 0 bridgehead atoms. The molecule has 0 fully saturated rings. The van der Waals surface area contributed by atoms with Gasteiger partial charge in [0.2, 0.25) is 6.33 Å². The molecule has 2 aromatic carbocycles. The number of hydrogen-bond acceptors (Lipinski definition) is 4. The molecule has 0 aliphatic carbocycles. The van der Waals surface area contributed by atoms with Crippen LogP contribution in [-0.4, -0.2) is 36.8 Å². The smallest absolute Gasteiger partial charge is 0.458 e. The van der Waals surface area contributed by atoms with Crippen molar-refractivity contribution in [2.75, 3.05) is 23.0 Å². The average molecular weight is 546 g/mol. The molecule has 208 valence electrons. The van der Waals surface area contributed by atoms with Crippen molar-refractivity contribution in [2.24, 2.45) is 13.0 Å². The summed E-state index contributed by atoms with van der Waals surface area (Å²) in [6.07, 6.45) is 6.81. The summed E-state index contributed by atoms with van der Waals surface area (Å²) >= 11 is 0. The zero-order valence-electron chi connectivity index (χ0n) is 22.3. The summed E-state index contributed by atoms with van der Waals surface area (Å²) in [5.74, 6) is 0.119. The van der Waals surface area contributed by atoms with Gasteiger partial charge < -0.3 is 26.9 Å².